The number of amides is 1. The van der Waals surface area contributed by atoms with Gasteiger partial charge < -0.3 is 5.32 Å². The minimum atomic E-state index is -0.418. The molecule has 94 valence electrons. The minimum absolute atomic E-state index is 0.00734. The molecule has 0 spiro atoms. The van der Waals surface area contributed by atoms with E-state index in [2.05, 4.69) is 5.32 Å². The summed E-state index contributed by atoms with van der Waals surface area (Å²) in [5.74, 6) is -0.418. The van der Waals surface area contributed by atoms with E-state index in [0.717, 1.165) is 0 Å². The molecule has 1 rings (SSSR count). The maximum absolute atomic E-state index is 11.7. The Balaban J connectivity index is 3.05. The van der Waals surface area contributed by atoms with Crippen LogP contribution in [0.5, 0.6) is 0 Å². The van der Waals surface area contributed by atoms with Crippen molar-refractivity contribution in [3.63, 3.8) is 0 Å². The summed E-state index contributed by atoms with van der Waals surface area (Å²) in [6.45, 7) is 3.64. The summed E-state index contributed by atoms with van der Waals surface area (Å²) in [5, 5.41) is 12.5. The van der Waals surface area contributed by atoms with E-state index in [0.29, 0.717) is 15.6 Å². The van der Waals surface area contributed by atoms with E-state index in [-0.39, 0.29) is 11.6 Å². The van der Waals surface area contributed by atoms with Crippen LogP contribution in [0.3, 0.4) is 0 Å². The Kier molecular flexibility index (Phi) is 5.21. The summed E-state index contributed by atoms with van der Waals surface area (Å²) in [4.78, 5) is 11.7. The van der Waals surface area contributed by atoms with Crippen LogP contribution in [0, 0.1) is 11.3 Å². The molecular formula is C13H12Cl2N2O. The molecule has 18 heavy (non-hydrogen) atoms. The number of nitriles is 1. The van der Waals surface area contributed by atoms with Gasteiger partial charge in [0.1, 0.15) is 11.6 Å². The van der Waals surface area contributed by atoms with Crippen LogP contribution in [0.25, 0.3) is 6.08 Å². The maximum Gasteiger partial charge on any atom is 0.262 e. The van der Waals surface area contributed by atoms with Crippen LogP contribution in [0.2, 0.25) is 10.0 Å². The van der Waals surface area contributed by atoms with Gasteiger partial charge in [-0.2, -0.15) is 5.26 Å². The molecular weight excluding hydrogens is 271 g/mol. The van der Waals surface area contributed by atoms with Crippen molar-refractivity contribution < 1.29 is 4.79 Å². The van der Waals surface area contributed by atoms with Crippen molar-refractivity contribution in [1.29, 1.82) is 5.26 Å². The van der Waals surface area contributed by atoms with E-state index in [1.54, 1.807) is 18.2 Å². The van der Waals surface area contributed by atoms with Crippen molar-refractivity contribution in [2.24, 2.45) is 0 Å². The number of nitrogens with zero attached hydrogens (tertiary/aromatic N) is 1. The molecule has 0 fully saturated rings. The zero-order chi connectivity index (χ0) is 13.7. The Morgan fingerprint density at radius 3 is 2.61 bits per heavy atom. The minimum Gasteiger partial charge on any atom is -0.349 e. The van der Waals surface area contributed by atoms with Crippen LogP contribution in [0.15, 0.2) is 23.8 Å². The lowest BCUT2D eigenvalue weighted by atomic mass is 10.1. The number of halogens is 2. The van der Waals surface area contributed by atoms with Crippen molar-refractivity contribution in [2.45, 2.75) is 19.9 Å². The predicted octanol–water partition coefficient (Wildman–Crippen LogP) is 3.42. The van der Waals surface area contributed by atoms with Crippen molar-refractivity contribution >= 4 is 35.2 Å². The Morgan fingerprint density at radius 1 is 1.44 bits per heavy atom. The van der Waals surface area contributed by atoms with Gasteiger partial charge >= 0.3 is 0 Å². The highest BCUT2D eigenvalue weighted by Gasteiger charge is 2.10. The molecule has 0 saturated heterocycles. The molecule has 0 radical (unpaired) electrons. The van der Waals surface area contributed by atoms with E-state index in [9.17, 15) is 4.79 Å². The number of nitrogens with one attached hydrogen (secondary N) is 1. The Labute approximate surface area is 116 Å². The van der Waals surface area contributed by atoms with Gasteiger partial charge in [-0.05, 0) is 37.6 Å². The standard InChI is InChI=1S/C13H12Cl2N2O/c1-8(2)17-13(18)10(7-16)5-9-3-4-11(14)6-12(9)15/h3-6,8H,1-2H3,(H,17,18). The second-order valence-electron chi connectivity index (χ2n) is 3.96. The summed E-state index contributed by atoms with van der Waals surface area (Å²) < 4.78 is 0. The highest BCUT2D eigenvalue weighted by Crippen LogP contribution is 2.23. The molecule has 1 aromatic carbocycles. The van der Waals surface area contributed by atoms with Gasteiger partial charge in [0, 0.05) is 16.1 Å². The van der Waals surface area contributed by atoms with Crippen LogP contribution < -0.4 is 5.32 Å². The molecule has 0 atom stereocenters. The third-order valence-electron chi connectivity index (χ3n) is 2.05. The number of carbonyl (C=O) groups is 1. The smallest absolute Gasteiger partial charge is 0.262 e. The third-order valence-corrected chi connectivity index (χ3v) is 2.61. The highest BCUT2D eigenvalue weighted by atomic mass is 35.5. The molecule has 0 aliphatic carbocycles. The fourth-order valence-corrected chi connectivity index (χ4v) is 1.73. The zero-order valence-corrected chi connectivity index (χ0v) is 11.5. The van der Waals surface area contributed by atoms with Crippen molar-refractivity contribution in [2.75, 3.05) is 0 Å². The molecule has 0 bridgehead atoms. The van der Waals surface area contributed by atoms with Crippen LogP contribution in [-0.2, 0) is 4.79 Å². The summed E-state index contributed by atoms with van der Waals surface area (Å²) in [5.41, 5.74) is 0.587. The van der Waals surface area contributed by atoms with Gasteiger partial charge in [-0.15, -0.1) is 0 Å². The van der Waals surface area contributed by atoms with Gasteiger partial charge in [-0.3, -0.25) is 4.79 Å². The van der Waals surface area contributed by atoms with E-state index in [1.165, 1.54) is 6.08 Å². The first-order valence-electron chi connectivity index (χ1n) is 5.31. The summed E-state index contributed by atoms with van der Waals surface area (Å²) in [6, 6.07) is 6.69. The fourth-order valence-electron chi connectivity index (χ4n) is 1.26. The van der Waals surface area contributed by atoms with Crippen LogP contribution in [-0.4, -0.2) is 11.9 Å². The molecule has 0 heterocycles. The van der Waals surface area contributed by atoms with E-state index < -0.39 is 5.91 Å². The monoisotopic (exact) mass is 282 g/mol. The first kappa shape index (κ1) is 14.6. The molecule has 0 aliphatic heterocycles. The molecule has 0 unspecified atom stereocenters. The van der Waals surface area contributed by atoms with Crippen molar-refractivity contribution in [3.05, 3.63) is 39.4 Å². The van der Waals surface area contributed by atoms with Crippen LogP contribution >= 0.6 is 23.2 Å². The van der Waals surface area contributed by atoms with Gasteiger partial charge in [0.05, 0.1) is 0 Å². The van der Waals surface area contributed by atoms with Crippen molar-refractivity contribution in [1.82, 2.24) is 5.32 Å². The van der Waals surface area contributed by atoms with E-state index >= 15 is 0 Å². The second kappa shape index (κ2) is 6.44. The third kappa shape index (κ3) is 4.06. The first-order chi connectivity index (χ1) is 8.43. The lowest BCUT2D eigenvalue weighted by Crippen LogP contribution is -2.30. The number of carbonyl (C=O) groups excluding carboxylic acids is 1. The Hall–Kier alpha value is -1.50. The average molecular weight is 283 g/mol. The van der Waals surface area contributed by atoms with Crippen molar-refractivity contribution in [3.8, 4) is 6.07 Å². The number of hydrogen-bond donors (Lipinski definition) is 1. The van der Waals surface area contributed by atoms with Gasteiger partial charge in [0.2, 0.25) is 0 Å². The molecule has 5 heteroatoms. The number of rotatable bonds is 3. The quantitative estimate of drug-likeness (QED) is 0.682. The maximum atomic E-state index is 11.7. The average Bonchev–Trinajstić information content (AvgIpc) is 2.27. The predicted molar refractivity (Wildman–Crippen MR) is 73.3 cm³/mol. The summed E-state index contributed by atoms with van der Waals surface area (Å²) in [6.07, 6.45) is 1.44. The SMILES string of the molecule is CC(C)NC(=O)C(C#N)=Cc1ccc(Cl)cc1Cl. The largest absolute Gasteiger partial charge is 0.349 e. The van der Waals surface area contributed by atoms with Gasteiger partial charge in [0.15, 0.2) is 0 Å². The van der Waals surface area contributed by atoms with E-state index in [1.807, 2.05) is 19.9 Å². The first-order valence-corrected chi connectivity index (χ1v) is 6.07. The van der Waals surface area contributed by atoms with Gasteiger partial charge in [-0.25, -0.2) is 0 Å². The van der Waals surface area contributed by atoms with Gasteiger partial charge in [0.25, 0.3) is 5.91 Å². The van der Waals surface area contributed by atoms with E-state index in [4.69, 9.17) is 28.5 Å². The van der Waals surface area contributed by atoms with Gasteiger partial charge in [-0.1, -0.05) is 29.3 Å². The second-order valence-corrected chi connectivity index (χ2v) is 4.81. The topological polar surface area (TPSA) is 52.9 Å². The Morgan fingerprint density at radius 2 is 2.11 bits per heavy atom. The molecule has 0 aliphatic rings. The fraction of sp³-hybridized carbons (Fsp3) is 0.231. The molecule has 3 nitrogen and oxygen atoms in total. The Bertz CT molecular complexity index is 530. The lowest BCUT2D eigenvalue weighted by Gasteiger charge is -2.07. The molecule has 1 amide bonds. The highest BCUT2D eigenvalue weighted by molar-refractivity contribution is 6.35. The molecule has 1 aromatic rings. The molecule has 0 saturated carbocycles. The lowest BCUT2D eigenvalue weighted by molar-refractivity contribution is -0.117. The summed E-state index contributed by atoms with van der Waals surface area (Å²) >= 11 is 11.7. The molecule has 1 N–H and O–H groups in total. The molecule has 0 aromatic heterocycles. The number of hydrogen-bond acceptors (Lipinski definition) is 2. The van der Waals surface area contributed by atoms with Crippen LogP contribution in [0.4, 0.5) is 0 Å². The summed E-state index contributed by atoms with van der Waals surface area (Å²) in [7, 11) is 0. The number of benzene rings is 1. The normalized spacial score (nSPS) is 11.2. The zero-order valence-electron chi connectivity index (χ0n) is 10.00. The van der Waals surface area contributed by atoms with Crippen LogP contribution in [0.1, 0.15) is 19.4 Å².